The Kier molecular flexibility index (Phi) is 4.63. The summed E-state index contributed by atoms with van der Waals surface area (Å²) in [6, 6.07) is 4.83. The molecular formula is C14H18O5. The topological polar surface area (TPSA) is 65.0 Å². The summed E-state index contributed by atoms with van der Waals surface area (Å²) < 4.78 is 16.2. The monoisotopic (exact) mass is 266 g/mol. The van der Waals surface area contributed by atoms with Crippen molar-refractivity contribution in [3.05, 3.63) is 23.8 Å². The van der Waals surface area contributed by atoms with Gasteiger partial charge >= 0.3 is 5.97 Å². The number of carboxylic acids is 1. The fourth-order valence-electron chi connectivity index (χ4n) is 2.16. The van der Waals surface area contributed by atoms with E-state index in [2.05, 4.69) is 0 Å². The molecule has 0 bridgehead atoms. The van der Waals surface area contributed by atoms with E-state index in [0.717, 1.165) is 25.9 Å². The number of para-hydroxylation sites is 1. The second-order valence-corrected chi connectivity index (χ2v) is 4.41. The van der Waals surface area contributed by atoms with Gasteiger partial charge < -0.3 is 19.3 Å². The van der Waals surface area contributed by atoms with Crippen molar-refractivity contribution in [1.29, 1.82) is 0 Å². The molecule has 0 aliphatic carbocycles. The Morgan fingerprint density at radius 3 is 3.00 bits per heavy atom. The largest absolute Gasteiger partial charge is 0.493 e. The maximum atomic E-state index is 11.1. The number of methoxy groups -OCH3 is 1. The van der Waals surface area contributed by atoms with Crippen LogP contribution in [0.15, 0.2) is 18.2 Å². The van der Waals surface area contributed by atoms with E-state index in [1.807, 2.05) is 0 Å². The minimum atomic E-state index is -1.02. The van der Waals surface area contributed by atoms with Crippen LogP contribution in [0.4, 0.5) is 0 Å². The number of aromatic carboxylic acids is 1. The third kappa shape index (κ3) is 3.38. The summed E-state index contributed by atoms with van der Waals surface area (Å²) in [7, 11) is 1.49. The molecule has 1 N–H and O–H groups in total. The van der Waals surface area contributed by atoms with Crippen molar-refractivity contribution in [2.75, 3.05) is 20.3 Å². The third-order valence-corrected chi connectivity index (χ3v) is 3.14. The minimum Gasteiger partial charge on any atom is -0.493 e. The molecule has 1 aromatic rings. The number of ether oxygens (including phenoxy) is 3. The summed E-state index contributed by atoms with van der Waals surface area (Å²) in [5.41, 5.74) is 0.117. The molecule has 1 heterocycles. The lowest BCUT2D eigenvalue weighted by Crippen LogP contribution is -2.12. The molecule has 0 saturated carbocycles. The van der Waals surface area contributed by atoms with Gasteiger partial charge in [0.25, 0.3) is 0 Å². The number of benzene rings is 1. The first kappa shape index (κ1) is 13.7. The zero-order valence-electron chi connectivity index (χ0n) is 10.9. The zero-order valence-corrected chi connectivity index (χ0v) is 10.9. The minimum absolute atomic E-state index is 0.117. The van der Waals surface area contributed by atoms with E-state index in [1.54, 1.807) is 12.1 Å². The van der Waals surface area contributed by atoms with E-state index in [-0.39, 0.29) is 17.4 Å². The van der Waals surface area contributed by atoms with Gasteiger partial charge in [0.05, 0.1) is 19.8 Å². The number of hydrogen-bond donors (Lipinski definition) is 1. The highest BCUT2D eigenvalue weighted by atomic mass is 16.5. The smallest absolute Gasteiger partial charge is 0.339 e. The lowest BCUT2D eigenvalue weighted by Gasteiger charge is -2.14. The molecule has 1 unspecified atom stereocenters. The molecule has 1 saturated heterocycles. The van der Waals surface area contributed by atoms with Crippen LogP contribution >= 0.6 is 0 Å². The van der Waals surface area contributed by atoms with Crippen molar-refractivity contribution >= 4 is 5.97 Å². The summed E-state index contributed by atoms with van der Waals surface area (Å²) in [6.07, 6.45) is 3.11. The number of carbonyl (C=O) groups is 1. The first-order valence-electron chi connectivity index (χ1n) is 6.37. The van der Waals surface area contributed by atoms with Gasteiger partial charge in [-0.3, -0.25) is 0 Å². The van der Waals surface area contributed by atoms with Crippen molar-refractivity contribution in [2.24, 2.45) is 0 Å². The first-order valence-corrected chi connectivity index (χ1v) is 6.37. The van der Waals surface area contributed by atoms with Gasteiger partial charge in [0.2, 0.25) is 0 Å². The van der Waals surface area contributed by atoms with Crippen LogP contribution in [0.3, 0.4) is 0 Å². The normalized spacial score (nSPS) is 18.3. The predicted molar refractivity (Wildman–Crippen MR) is 69.0 cm³/mol. The van der Waals surface area contributed by atoms with Crippen LogP contribution in [-0.4, -0.2) is 37.5 Å². The molecule has 104 valence electrons. The molecule has 5 heteroatoms. The molecule has 1 fully saturated rings. The average Bonchev–Trinajstić information content (AvgIpc) is 2.91. The summed E-state index contributed by atoms with van der Waals surface area (Å²) in [5.74, 6) is -0.297. The summed E-state index contributed by atoms with van der Waals surface area (Å²) in [4.78, 5) is 11.1. The van der Waals surface area contributed by atoms with Crippen molar-refractivity contribution in [1.82, 2.24) is 0 Å². The number of hydrogen-bond acceptors (Lipinski definition) is 4. The lowest BCUT2D eigenvalue weighted by atomic mass is 10.1. The maximum Gasteiger partial charge on any atom is 0.339 e. The van der Waals surface area contributed by atoms with E-state index >= 15 is 0 Å². The van der Waals surface area contributed by atoms with Crippen molar-refractivity contribution in [3.63, 3.8) is 0 Å². The molecule has 0 radical (unpaired) electrons. The molecular weight excluding hydrogens is 248 g/mol. The van der Waals surface area contributed by atoms with E-state index in [4.69, 9.17) is 19.3 Å². The number of carboxylic acid groups (broad SMARTS) is 1. The van der Waals surface area contributed by atoms with Gasteiger partial charge in [-0.05, 0) is 25.0 Å². The average molecular weight is 266 g/mol. The highest BCUT2D eigenvalue weighted by Crippen LogP contribution is 2.31. The molecule has 1 aliphatic heterocycles. The Morgan fingerprint density at radius 1 is 1.53 bits per heavy atom. The van der Waals surface area contributed by atoms with E-state index in [1.165, 1.54) is 13.2 Å². The highest BCUT2D eigenvalue weighted by Gasteiger charge is 2.18. The van der Waals surface area contributed by atoms with Gasteiger partial charge in [-0.1, -0.05) is 6.07 Å². The Morgan fingerprint density at radius 2 is 2.37 bits per heavy atom. The van der Waals surface area contributed by atoms with Crippen LogP contribution in [0.1, 0.15) is 29.6 Å². The Bertz CT molecular complexity index is 437. The van der Waals surface area contributed by atoms with Crippen LogP contribution in [0, 0.1) is 0 Å². The first-order chi connectivity index (χ1) is 9.22. The SMILES string of the molecule is COc1cccc(C(=O)O)c1OCCC1CCCO1. The molecule has 0 aromatic heterocycles. The quantitative estimate of drug-likeness (QED) is 0.856. The summed E-state index contributed by atoms with van der Waals surface area (Å²) in [5, 5.41) is 9.14. The van der Waals surface area contributed by atoms with Crippen LogP contribution in [0.25, 0.3) is 0 Å². The second-order valence-electron chi connectivity index (χ2n) is 4.41. The Labute approximate surface area is 112 Å². The van der Waals surface area contributed by atoms with Crippen molar-refractivity contribution in [2.45, 2.75) is 25.4 Å². The molecule has 0 spiro atoms. The van der Waals surface area contributed by atoms with Crippen LogP contribution in [-0.2, 0) is 4.74 Å². The fourth-order valence-corrected chi connectivity index (χ4v) is 2.16. The molecule has 5 nitrogen and oxygen atoms in total. The van der Waals surface area contributed by atoms with Gasteiger partial charge in [0.1, 0.15) is 5.56 Å². The van der Waals surface area contributed by atoms with Crippen molar-refractivity contribution < 1.29 is 24.1 Å². The standard InChI is InChI=1S/C14H18O5/c1-17-12-6-2-5-11(14(15)16)13(12)19-9-7-10-4-3-8-18-10/h2,5-6,10H,3-4,7-9H2,1H3,(H,15,16). The predicted octanol–water partition coefficient (Wildman–Crippen LogP) is 2.34. The highest BCUT2D eigenvalue weighted by molar-refractivity contribution is 5.92. The van der Waals surface area contributed by atoms with Crippen LogP contribution in [0.2, 0.25) is 0 Å². The van der Waals surface area contributed by atoms with Gasteiger partial charge in [-0.15, -0.1) is 0 Å². The lowest BCUT2D eigenvalue weighted by molar-refractivity contribution is 0.0687. The maximum absolute atomic E-state index is 11.1. The van der Waals surface area contributed by atoms with Gasteiger partial charge in [-0.25, -0.2) is 4.79 Å². The Balaban J connectivity index is 2.02. The summed E-state index contributed by atoms with van der Waals surface area (Å²) >= 11 is 0. The molecule has 1 aliphatic rings. The molecule has 1 aromatic carbocycles. The summed E-state index contributed by atoms with van der Waals surface area (Å²) in [6.45, 7) is 1.23. The zero-order chi connectivity index (χ0) is 13.7. The van der Waals surface area contributed by atoms with Gasteiger partial charge in [0.15, 0.2) is 11.5 Å². The fraction of sp³-hybridized carbons (Fsp3) is 0.500. The van der Waals surface area contributed by atoms with Gasteiger partial charge in [0, 0.05) is 13.0 Å². The van der Waals surface area contributed by atoms with Crippen molar-refractivity contribution in [3.8, 4) is 11.5 Å². The second kappa shape index (κ2) is 6.43. The van der Waals surface area contributed by atoms with Crippen LogP contribution < -0.4 is 9.47 Å². The van der Waals surface area contributed by atoms with E-state index in [0.29, 0.717) is 12.4 Å². The molecule has 0 amide bonds. The van der Waals surface area contributed by atoms with Crippen LogP contribution in [0.5, 0.6) is 11.5 Å². The van der Waals surface area contributed by atoms with E-state index < -0.39 is 5.97 Å². The molecule has 2 rings (SSSR count). The molecule has 19 heavy (non-hydrogen) atoms. The number of rotatable bonds is 6. The van der Waals surface area contributed by atoms with E-state index in [9.17, 15) is 4.79 Å². The Hall–Kier alpha value is -1.75. The third-order valence-electron chi connectivity index (χ3n) is 3.14. The van der Waals surface area contributed by atoms with Gasteiger partial charge in [-0.2, -0.15) is 0 Å². The molecule has 1 atom stereocenters.